The lowest BCUT2D eigenvalue weighted by Crippen LogP contribution is -2.60. The Labute approximate surface area is 243 Å². The lowest BCUT2D eigenvalue weighted by molar-refractivity contribution is 0.107. The van der Waals surface area contributed by atoms with Crippen LogP contribution in [0.3, 0.4) is 0 Å². The van der Waals surface area contributed by atoms with Gasteiger partial charge in [-0.1, -0.05) is 44.2 Å². The summed E-state index contributed by atoms with van der Waals surface area (Å²) in [6.45, 7) is 7.36. The van der Waals surface area contributed by atoms with Gasteiger partial charge in [-0.25, -0.2) is 13.2 Å². The number of halogens is 3. The maximum Gasteiger partial charge on any atom is 0.319 e. The molecule has 0 N–H and O–H groups in total. The van der Waals surface area contributed by atoms with E-state index in [0.29, 0.717) is 47.7 Å². The van der Waals surface area contributed by atoms with Gasteiger partial charge >= 0.3 is 6.01 Å². The molecule has 9 heteroatoms. The smallest absolute Gasteiger partial charge is 0.319 e. The molecule has 6 atom stereocenters. The first-order chi connectivity index (χ1) is 20.2. The molecule has 220 valence electrons. The quantitative estimate of drug-likeness (QED) is 0.408. The number of hydrogen-bond acceptors (Lipinski definition) is 6. The fourth-order valence-corrected chi connectivity index (χ4v) is 10.1. The summed E-state index contributed by atoms with van der Waals surface area (Å²) in [5.41, 5.74) is 0.785. The molecule has 1 aromatic heterocycles. The summed E-state index contributed by atoms with van der Waals surface area (Å²) < 4.78 is 52.1. The van der Waals surface area contributed by atoms with E-state index < -0.39 is 23.2 Å². The summed E-state index contributed by atoms with van der Waals surface area (Å²) in [7, 11) is 0. The molecule has 4 bridgehead atoms. The van der Waals surface area contributed by atoms with Crippen LogP contribution in [0.2, 0.25) is 0 Å². The SMILES string of the molecule is CC1(C)C[C@]23C4C[C@H](CN2c2nc(OCC56CCCN5C[C@H](F)C6)nc5c(F)cc(F)c1c25)N(Cc1ccccc1)[C@@H]43. The fraction of sp³-hybridized carbons (Fsp3) is 0.576. The van der Waals surface area contributed by atoms with E-state index in [9.17, 15) is 4.39 Å². The average molecular weight is 576 g/mol. The van der Waals surface area contributed by atoms with Gasteiger partial charge in [-0.2, -0.15) is 9.97 Å². The van der Waals surface area contributed by atoms with Crippen molar-refractivity contribution in [1.82, 2.24) is 19.8 Å². The van der Waals surface area contributed by atoms with Gasteiger partial charge < -0.3 is 9.64 Å². The number of nitrogens with zero attached hydrogens (tertiary/aromatic N) is 5. The standard InChI is InChI=1S/C33H36F3N5O/c1-31(2)17-33-22-11-21(40(28(22)33)14-19-7-4-3-5-8-19)16-41(33)29-25-26(31)23(35)12-24(36)27(25)37-30(38-29)42-18-32-9-6-10-39(32)15-20(34)13-32/h3-5,7-8,12,20-22,28H,6,9-11,13-18H2,1-2H3/t20-,21-,22?,28+,32?,33-/m1/s1. The van der Waals surface area contributed by atoms with Crippen LogP contribution in [0, 0.1) is 17.6 Å². The molecule has 42 heavy (non-hydrogen) atoms. The number of hydrogen-bond donors (Lipinski definition) is 0. The molecule has 6 aliphatic heterocycles. The van der Waals surface area contributed by atoms with Gasteiger partial charge in [0.05, 0.1) is 16.5 Å². The van der Waals surface area contributed by atoms with Crippen molar-refractivity contribution in [2.24, 2.45) is 5.92 Å². The molecule has 1 saturated carbocycles. The molecule has 2 aromatic carbocycles. The molecule has 5 saturated heterocycles. The highest BCUT2D eigenvalue weighted by atomic mass is 19.1. The summed E-state index contributed by atoms with van der Waals surface area (Å²) in [6.07, 6.45) is 3.30. The minimum atomic E-state index is -0.869. The summed E-state index contributed by atoms with van der Waals surface area (Å²) in [5.74, 6) is -0.189. The van der Waals surface area contributed by atoms with Gasteiger partial charge in [0.25, 0.3) is 0 Å². The van der Waals surface area contributed by atoms with Gasteiger partial charge in [-0.3, -0.25) is 9.80 Å². The molecular weight excluding hydrogens is 539 g/mol. The summed E-state index contributed by atoms with van der Waals surface area (Å²) >= 11 is 0. The highest BCUT2D eigenvalue weighted by Crippen LogP contribution is 2.69. The van der Waals surface area contributed by atoms with Gasteiger partial charge in [0.1, 0.15) is 29.9 Å². The number of piperazine rings is 1. The van der Waals surface area contributed by atoms with Gasteiger partial charge in [0, 0.05) is 55.7 Å². The highest BCUT2D eigenvalue weighted by Gasteiger charge is 2.79. The van der Waals surface area contributed by atoms with Gasteiger partial charge in [-0.05, 0) is 43.2 Å². The van der Waals surface area contributed by atoms with Crippen LogP contribution in [-0.2, 0) is 12.0 Å². The number of aromatic nitrogens is 2. The van der Waals surface area contributed by atoms with Crippen molar-refractivity contribution < 1.29 is 17.9 Å². The molecule has 6 fully saturated rings. The minimum absolute atomic E-state index is 0.102. The largest absolute Gasteiger partial charge is 0.461 e. The van der Waals surface area contributed by atoms with Crippen LogP contribution in [0.1, 0.15) is 57.1 Å². The van der Waals surface area contributed by atoms with Gasteiger partial charge in [0.2, 0.25) is 0 Å². The maximum absolute atomic E-state index is 15.8. The predicted octanol–water partition coefficient (Wildman–Crippen LogP) is 5.38. The third-order valence-corrected chi connectivity index (χ3v) is 11.6. The number of anilines is 1. The molecule has 0 amide bonds. The molecule has 2 unspecified atom stereocenters. The van der Waals surface area contributed by atoms with E-state index in [1.807, 2.05) is 6.07 Å². The van der Waals surface area contributed by atoms with Crippen LogP contribution < -0.4 is 9.64 Å². The number of piperidine rings is 2. The second kappa shape index (κ2) is 8.38. The first-order valence-electron chi connectivity index (χ1n) is 15.5. The van der Waals surface area contributed by atoms with Crippen molar-refractivity contribution in [3.05, 3.63) is 59.2 Å². The zero-order valence-corrected chi connectivity index (χ0v) is 24.1. The Morgan fingerprint density at radius 1 is 1.07 bits per heavy atom. The van der Waals surface area contributed by atoms with E-state index in [1.165, 1.54) is 5.56 Å². The first kappa shape index (κ1) is 25.6. The van der Waals surface area contributed by atoms with Gasteiger partial charge in [-0.15, -0.1) is 0 Å². The minimum Gasteiger partial charge on any atom is -0.461 e. The van der Waals surface area contributed by atoms with E-state index >= 15 is 8.78 Å². The van der Waals surface area contributed by atoms with Crippen LogP contribution in [0.15, 0.2) is 36.4 Å². The van der Waals surface area contributed by atoms with Crippen molar-refractivity contribution in [2.45, 2.75) is 87.2 Å². The van der Waals surface area contributed by atoms with Crippen LogP contribution in [0.4, 0.5) is 19.0 Å². The van der Waals surface area contributed by atoms with Crippen LogP contribution in [0.5, 0.6) is 6.01 Å². The molecule has 1 spiro atoms. The van der Waals surface area contributed by atoms with Crippen molar-refractivity contribution in [2.75, 3.05) is 31.1 Å². The molecule has 6 nitrogen and oxygen atoms in total. The second-order valence-electron chi connectivity index (χ2n) is 14.4. The lowest BCUT2D eigenvalue weighted by atomic mass is 9.75. The maximum atomic E-state index is 15.8. The van der Waals surface area contributed by atoms with E-state index in [2.05, 4.69) is 57.8 Å². The van der Waals surface area contributed by atoms with Crippen molar-refractivity contribution in [3.8, 4) is 6.01 Å². The Bertz CT molecular complexity index is 1620. The lowest BCUT2D eigenvalue weighted by Gasteiger charge is -2.49. The van der Waals surface area contributed by atoms with Gasteiger partial charge in [0.15, 0.2) is 5.82 Å². The highest BCUT2D eigenvalue weighted by molar-refractivity contribution is 5.96. The third-order valence-electron chi connectivity index (χ3n) is 11.6. The Balaban J connectivity index is 1.14. The monoisotopic (exact) mass is 575 g/mol. The van der Waals surface area contributed by atoms with Crippen molar-refractivity contribution in [3.63, 3.8) is 0 Å². The molecule has 1 aliphatic carbocycles. The van der Waals surface area contributed by atoms with Crippen molar-refractivity contribution in [1.29, 1.82) is 0 Å². The number of alkyl halides is 1. The zero-order valence-electron chi connectivity index (χ0n) is 24.1. The third kappa shape index (κ3) is 3.29. The summed E-state index contributed by atoms with van der Waals surface area (Å²) in [6, 6.07) is 12.3. The Hall–Kier alpha value is -2.91. The van der Waals surface area contributed by atoms with E-state index in [4.69, 9.17) is 9.72 Å². The number of fused-ring (bicyclic) bond motifs is 1. The van der Waals surface area contributed by atoms with Crippen molar-refractivity contribution >= 4 is 16.7 Å². The summed E-state index contributed by atoms with van der Waals surface area (Å²) in [5, 5.41) is 0.480. The molecule has 7 aliphatic rings. The van der Waals surface area contributed by atoms with E-state index in [0.717, 1.165) is 51.4 Å². The Morgan fingerprint density at radius 2 is 1.90 bits per heavy atom. The van der Waals surface area contributed by atoms with E-state index in [-0.39, 0.29) is 29.2 Å². The fourth-order valence-electron chi connectivity index (χ4n) is 10.1. The number of ether oxygens (including phenoxy) is 1. The molecule has 7 heterocycles. The van der Waals surface area contributed by atoms with Crippen LogP contribution >= 0.6 is 0 Å². The number of benzene rings is 2. The predicted molar refractivity (Wildman–Crippen MR) is 153 cm³/mol. The average Bonchev–Trinajstić information content (AvgIpc) is 3.15. The van der Waals surface area contributed by atoms with E-state index in [1.54, 1.807) is 0 Å². The van der Waals surface area contributed by atoms with Crippen LogP contribution in [0.25, 0.3) is 10.9 Å². The van der Waals surface area contributed by atoms with Crippen LogP contribution in [-0.4, -0.2) is 75.3 Å². The molecule has 3 aromatic rings. The zero-order chi connectivity index (χ0) is 28.6. The molecule has 0 radical (unpaired) electrons. The Morgan fingerprint density at radius 3 is 2.74 bits per heavy atom. The Kier molecular flexibility index (Phi) is 5.10. The second-order valence-corrected chi connectivity index (χ2v) is 14.4. The molecule has 10 rings (SSSR count). The molecular formula is C33H36F3N5O. The topological polar surface area (TPSA) is 44.7 Å². The normalized spacial score (nSPS) is 35.8. The first-order valence-corrected chi connectivity index (χ1v) is 15.5. The number of rotatable bonds is 5. The summed E-state index contributed by atoms with van der Waals surface area (Å²) in [4.78, 5) is 16.8.